The Balaban J connectivity index is 2.22. The molecule has 1 unspecified atom stereocenters. The van der Waals surface area contributed by atoms with Crippen molar-refractivity contribution in [2.24, 2.45) is 0 Å². The van der Waals surface area contributed by atoms with E-state index in [1.54, 1.807) is 14.2 Å². The van der Waals surface area contributed by atoms with Crippen molar-refractivity contribution in [2.75, 3.05) is 20.8 Å². The summed E-state index contributed by atoms with van der Waals surface area (Å²) in [6.07, 6.45) is 2.31. The van der Waals surface area contributed by atoms with Gasteiger partial charge < -0.3 is 10.1 Å². The number of hydrogen-bond donors (Lipinski definition) is 2. The molecule has 120 valence electrons. The Morgan fingerprint density at radius 3 is 2.76 bits per heavy atom. The second kappa shape index (κ2) is 6.43. The molecule has 0 aromatic carbocycles. The zero-order chi connectivity index (χ0) is 15.6. The van der Waals surface area contributed by atoms with E-state index < -0.39 is 10.0 Å². The fraction of sp³-hybridized carbons (Fsp3) is 0.769. The van der Waals surface area contributed by atoms with Gasteiger partial charge in [0.05, 0.1) is 6.61 Å². The van der Waals surface area contributed by atoms with Gasteiger partial charge in [0.15, 0.2) is 5.03 Å². The standard InChI is InChI=1S/C13H24N4O3S/c1-9(8-20-4)17(3)21(18,19)13-12(10(2)15-16-13)7-14-11-5-6-11/h9,11,14H,5-8H2,1-4H3,(H,15,16). The highest BCUT2D eigenvalue weighted by atomic mass is 32.2. The lowest BCUT2D eigenvalue weighted by atomic mass is 10.2. The molecule has 1 aliphatic carbocycles. The van der Waals surface area contributed by atoms with E-state index in [0.717, 1.165) is 24.1 Å². The summed E-state index contributed by atoms with van der Waals surface area (Å²) in [4.78, 5) is 0. The largest absolute Gasteiger partial charge is 0.383 e. The molecule has 1 fully saturated rings. The number of aromatic amines is 1. The van der Waals surface area contributed by atoms with Crippen LogP contribution in [0.2, 0.25) is 0 Å². The smallest absolute Gasteiger partial charge is 0.262 e. The van der Waals surface area contributed by atoms with Crippen molar-refractivity contribution >= 4 is 10.0 Å². The number of aryl methyl sites for hydroxylation is 1. The van der Waals surface area contributed by atoms with Gasteiger partial charge >= 0.3 is 0 Å². The Kier molecular flexibility index (Phi) is 5.03. The summed E-state index contributed by atoms with van der Waals surface area (Å²) in [7, 11) is -0.514. The first-order valence-corrected chi connectivity index (χ1v) is 8.56. The summed E-state index contributed by atoms with van der Waals surface area (Å²) in [5.41, 5.74) is 1.51. The minimum absolute atomic E-state index is 0.110. The van der Waals surface area contributed by atoms with Crippen LogP contribution in [0.5, 0.6) is 0 Å². The van der Waals surface area contributed by atoms with Crippen LogP contribution in [0.25, 0.3) is 0 Å². The van der Waals surface area contributed by atoms with Gasteiger partial charge in [-0.15, -0.1) is 0 Å². The minimum atomic E-state index is -3.63. The van der Waals surface area contributed by atoms with Gasteiger partial charge in [0.2, 0.25) is 0 Å². The fourth-order valence-electron chi connectivity index (χ4n) is 2.10. The number of ether oxygens (including phenoxy) is 1. The first-order valence-electron chi connectivity index (χ1n) is 7.12. The predicted octanol–water partition coefficient (Wildman–Crippen LogP) is 0.626. The molecule has 0 saturated heterocycles. The maximum absolute atomic E-state index is 12.7. The molecule has 1 atom stereocenters. The first kappa shape index (κ1) is 16.4. The van der Waals surface area contributed by atoms with Crippen LogP contribution < -0.4 is 5.32 Å². The molecule has 1 saturated carbocycles. The predicted molar refractivity (Wildman–Crippen MR) is 79.5 cm³/mol. The van der Waals surface area contributed by atoms with Gasteiger partial charge in [-0.05, 0) is 26.7 Å². The van der Waals surface area contributed by atoms with E-state index >= 15 is 0 Å². The lowest BCUT2D eigenvalue weighted by Gasteiger charge is -2.23. The van der Waals surface area contributed by atoms with Crippen LogP contribution in [-0.2, 0) is 21.3 Å². The summed E-state index contributed by atoms with van der Waals surface area (Å²) >= 11 is 0. The molecule has 2 N–H and O–H groups in total. The molecule has 1 heterocycles. The van der Waals surface area contributed by atoms with Gasteiger partial charge in [-0.3, -0.25) is 5.10 Å². The van der Waals surface area contributed by atoms with Crippen molar-refractivity contribution in [2.45, 2.75) is 50.3 Å². The number of rotatable bonds is 8. The van der Waals surface area contributed by atoms with Crippen molar-refractivity contribution in [1.29, 1.82) is 0 Å². The summed E-state index contributed by atoms with van der Waals surface area (Å²) in [6, 6.07) is 0.265. The van der Waals surface area contributed by atoms with Crippen molar-refractivity contribution < 1.29 is 13.2 Å². The molecule has 0 aliphatic heterocycles. The fourth-order valence-corrected chi connectivity index (χ4v) is 3.61. The molecule has 0 amide bonds. The number of nitrogens with one attached hydrogen (secondary N) is 2. The number of aromatic nitrogens is 2. The highest BCUT2D eigenvalue weighted by molar-refractivity contribution is 7.89. The normalized spacial score (nSPS) is 17.4. The Labute approximate surface area is 126 Å². The molecule has 0 radical (unpaired) electrons. The maximum atomic E-state index is 12.7. The quantitative estimate of drug-likeness (QED) is 0.734. The average Bonchev–Trinajstić information content (AvgIpc) is 3.18. The number of likely N-dealkylation sites (N-methyl/N-ethyl adjacent to an activating group) is 1. The molecule has 0 spiro atoms. The van der Waals surface area contributed by atoms with Crippen LogP contribution >= 0.6 is 0 Å². The molecule has 1 aromatic heterocycles. The van der Waals surface area contributed by atoms with E-state index in [9.17, 15) is 8.42 Å². The molecule has 8 heteroatoms. The van der Waals surface area contributed by atoms with Crippen LogP contribution in [0.1, 0.15) is 31.0 Å². The van der Waals surface area contributed by atoms with Gasteiger partial charge in [-0.25, -0.2) is 8.42 Å². The van der Waals surface area contributed by atoms with Crippen molar-refractivity contribution in [3.8, 4) is 0 Å². The summed E-state index contributed by atoms with van der Waals surface area (Å²) in [6.45, 7) is 4.51. The number of sulfonamides is 1. The van der Waals surface area contributed by atoms with Crippen molar-refractivity contribution in [3.05, 3.63) is 11.3 Å². The SMILES string of the molecule is COCC(C)N(C)S(=O)(=O)c1n[nH]c(C)c1CNC1CC1. The molecule has 1 aliphatic rings. The van der Waals surface area contributed by atoms with Crippen molar-refractivity contribution in [3.63, 3.8) is 0 Å². The van der Waals surface area contributed by atoms with Crippen LogP contribution in [0, 0.1) is 6.92 Å². The zero-order valence-electron chi connectivity index (χ0n) is 13.0. The minimum Gasteiger partial charge on any atom is -0.383 e. The summed E-state index contributed by atoms with van der Waals surface area (Å²) < 4.78 is 31.7. The Hall–Kier alpha value is -0.960. The summed E-state index contributed by atoms with van der Waals surface area (Å²) in [5.74, 6) is 0. The van der Waals surface area contributed by atoms with Crippen LogP contribution in [-0.4, -0.2) is 55.8 Å². The average molecular weight is 316 g/mol. The van der Waals surface area contributed by atoms with E-state index in [4.69, 9.17) is 4.74 Å². The zero-order valence-corrected chi connectivity index (χ0v) is 13.8. The molecule has 21 heavy (non-hydrogen) atoms. The second-order valence-electron chi connectivity index (χ2n) is 5.61. The molecule has 2 rings (SSSR count). The molecule has 1 aromatic rings. The van der Waals surface area contributed by atoms with Gasteiger partial charge in [0, 0.05) is 44.0 Å². The van der Waals surface area contributed by atoms with Crippen LogP contribution in [0.3, 0.4) is 0 Å². The number of hydrogen-bond acceptors (Lipinski definition) is 5. The topological polar surface area (TPSA) is 87.3 Å². The maximum Gasteiger partial charge on any atom is 0.262 e. The Morgan fingerprint density at radius 2 is 2.19 bits per heavy atom. The third kappa shape index (κ3) is 3.63. The first-order chi connectivity index (χ1) is 9.87. The van der Waals surface area contributed by atoms with Crippen molar-refractivity contribution in [1.82, 2.24) is 19.8 Å². The Bertz CT molecular complexity index is 580. The van der Waals surface area contributed by atoms with E-state index in [2.05, 4.69) is 15.5 Å². The van der Waals surface area contributed by atoms with Gasteiger partial charge in [0.1, 0.15) is 0 Å². The van der Waals surface area contributed by atoms with E-state index in [-0.39, 0.29) is 11.1 Å². The second-order valence-corrected chi connectivity index (χ2v) is 7.53. The highest BCUT2D eigenvalue weighted by Gasteiger charge is 2.31. The third-order valence-electron chi connectivity index (χ3n) is 3.83. The highest BCUT2D eigenvalue weighted by Crippen LogP contribution is 2.24. The lowest BCUT2D eigenvalue weighted by Crippen LogP contribution is -2.38. The van der Waals surface area contributed by atoms with Gasteiger partial charge in [-0.2, -0.15) is 9.40 Å². The Morgan fingerprint density at radius 1 is 1.52 bits per heavy atom. The summed E-state index contributed by atoms with van der Waals surface area (Å²) in [5, 5.41) is 10.2. The monoisotopic (exact) mass is 316 g/mol. The number of nitrogens with zero attached hydrogens (tertiary/aromatic N) is 2. The van der Waals surface area contributed by atoms with Crippen LogP contribution in [0.15, 0.2) is 5.03 Å². The number of methoxy groups -OCH3 is 1. The molecule has 7 nitrogen and oxygen atoms in total. The van der Waals surface area contributed by atoms with E-state index in [1.165, 1.54) is 4.31 Å². The number of H-pyrrole nitrogens is 1. The van der Waals surface area contributed by atoms with Crippen LogP contribution in [0.4, 0.5) is 0 Å². The molecular formula is C13H24N4O3S. The third-order valence-corrected chi connectivity index (χ3v) is 5.78. The van der Waals surface area contributed by atoms with E-state index in [1.807, 2.05) is 13.8 Å². The van der Waals surface area contributed by atoms with Gasteiger partial charge in [0.25, 0.3) is 10.0 Å². The molecule has 0 bridgehead atoms. The molecular weight excluding hydrogens is 292 g/mol. The van der Waals surface area contributed by atoms with Gasteiger partial charge in [-0.1, -0.05) is 0 Å². The lowest BCUT2D eigenvalue weighted by molar-refractivity contribution is 0.149. The van der Waals surface area contributed by atoms with E-state index in [0.29, 0.717) is 19.2 Å².